The maximum absolute atomic E-state index is 12.6. The third-order valence-corrected chi connectivity index (χ3v) is 5.43. The lowest BCUT2D eigenvalue weighted by atomic mass is 10.2. The average Bonchev–Trinajstić information content (AvgIpc) is 3.37. The monoisotopic (exact) mass is 358 g/mol. The molecule has 0 N–H and O–H groups in total. The molecule has 130 valence electrons. The predicted molar refractivity (Wildman–Crippen MR) is 92.7 cm³/mol. The fraction of sp³-hybridized carbons (Fsp3) is 0.412. The molecule has 1 atom stereocenters. The fourth-order valence-electron chi connectivity index (χ4n) is 2.74. The number of hydrogen-bond acceptors (Lipinski definition) is 6. The van der Waals surface area contributed by atoms with Crippen molar-refractivity contribution in [3.8, 4) is 0 Å². The number of aromatic nitrogens is 2. The minimum atomic E-state index is -0.670. The van der Waals surface area contributed by atoms with Crippen molar-refractivity contribution in [1.82, 2.24) is 15.1 Å². The smallest absolute Gasteiger partial charge is 0.340 e. The Morgan fingerprint density at radius 1 is 1.20 bits per heavy atom. The van der Waals surface area contributed by atoms with Crippen LogP contribution < -0.4 is 4.90 Å². The van der Waals surface area contributed by atoms with Crippen LogP contribution in [0.4, 0.5) is 9.93 Å². The van der Waals surface area contributed by atoms with Crippen LogP contribution in [-0.4, -0.2) is 46.9 Å². The molecule has 7 nitrogen and oxygen atoms in total. The number of amides is 2. The molecule has 0 bridgehead atoms. The first-order valence-electron chi connectivity index (χ1n) is 8.27. The molecule has 1 unspecified atom stereocenters. The molecule has 1 saturated carbocycles. The van der Waals surface area contributed by atoms with Crippen LogP contribution in [0.3, 0.4) is 0 Å². The predicted octanol–water partition coefficient (Wildman–Crippen LogP) is 2.86. The number of carbonyl (C=O) groups excluding carboxylic acids is 2. The highest BCUT2D eigenvalue weighted by Gasteiger charge is 2.38. The van der Waals surface area contributed by atoms with Crippen molar-refractivity contribution < 1.29 is 14.3 Å². The van der Waals surface area contributed by atoms with Crippen LogP contribution in [0.5, 0.6) is 0 Å². The van der Waals surface area contributed by atoms with Gasteiger partial charge in [-0.15, -0.1) is 10.2 Å². The van der Waals surface area contributed by atoms with Crippen LogP contribution in [0.15, 0.2) is 30.3 Å². The molecule has 1 aromatic heterocycles. The zero-order chi connectivity index (χ0) is 17.4. The molecule has 0 radical (unpaired) electrons. The fourth-order valence-corrected chi connectivity index (χ4v) is 3.78. The zero-order valence-corrected chi connectivity index (χ0v) is 14.6. The van der Waals surface area contributed by atoms with E-state index in [1.54, 1.807) is 36.2 Å². The van der Waals surface area contributed by atoms with Crippen molar-refractivity contribution in [3.63, 3.8) is 0 Å². The lowest BCUT2D eigenvalue weighted by Gasteiger charge is -2.37. The molecule has 0 spiro atoms. The molecule has 1 aliphatic carbocycles. The van der Waals surface area contributed by atoms with E-state index in [1.807, 2.05) is 6.07 Å². The molecule has 1 aromatic carbocycles. The SMILES string of the molecule is CN1CCC(OC(=O)c2ccccc2)N(c2nnc(C3CC3)s2)C1=O. The average molecular weight is 358 g/mol. The van der Waals surface area contributed by atoms with Crippen LogP contribution in [0.1, 0.15) is 40.5 Å². The molecule has 25 heavy (non-hydrogen) atoms. The van der Waals surface area contributed by atoms with E-state index in [-0.39, 0.29) is 6.03 Å². The Balaban J connectivity index is 1.57. The summed E-state index contributed by atoms with van der Waals surface area (Å²) in [6.45, 7) is 0.524. The van der Waals surface area contributed by atoms with Gasteiger partial charge in [0.05, 0.1) is 5.56 Å². The van der Waals surface area contributed by atoms with Gasteiger partial charge in [-0.2, -0.15) is 0 Å². The Bertz CT molecular complexity index is 790. The van der Waals surface area contributed by atoms with Gasteiger partial charge in [0.15, 0.2) is 6.23 Å². The molecular weight excluding hydrogens is 340 g/mol. The molecule has 2 amide bonds. The van der Waals surface area contributed by atoms with E-state index in [1.165, 1.54) is 16.2 Å². The van der Waals surface area contributed by atoms with Crippen molar-refractivity contribution >= 4 is 28.5 Å². The second-order valence-corrected chi connectivity index (χ2v) is 7.27. The summed E-state index contributed by atoms with van der Waals surface area (Å²) in [4.78, 5) is 28.1. The second kappa shape index (κ2) is 6.44. The van der Waals surface area contributed by atoms with Crippen molar-refractivity contribution in [2.24, 2.45) is 0 Å². The standard InChI is InChI=1S/C17H18N4O3S/c1-20-10-9-13(24-15(22)12-5-3-2-4-6-12)21(17(20)23)16-19-18-14(25-16)11-7-8-11/h2-6,11,13H,7-10H2,1H3. The molecule has 4 rings (SSSR count). The first-order chi connectivity index (χ1) is 12.1. The summed E-state index contributed by atoms with van der Waals surface area (Å²) in [6.07, 6.45) is 2.10. The quantitative estimate of drug-likeness (QED) is 0.786. The van der Waals surface area contributed by atoms with Gasteiger partial charge in [-0.05, 0) is 25.0 Å². The van der Waals surface area contributed by atoms with E-state index in [0.29, 0.717) is 29.6 Å². The van der Waals surface area contributed by atoms with E-state index in [0.717, 1.165) is 17.8 Å². The van der Waals surface area contributed by atoms with E-state index in [2.05, 4.69) is 10.2 Å². The van der Waals surface area contributed by atoms with Gasteiger partial charge in [-0.1, -0.05) is 29.5 Å². The summed E-state index contributed by atoms with van der Waals surface area (Å²) in [5, 5.41) is 9.81. The third-order valence-electron chi connectivity index (χ3n) is 4.35. The molecule has 8 heteroatoms. The van der Waals surface area contributed by atoms with Gasteiger partial charge in [0, 0.05) is 25.9 Å². The van der Waals surface area contributed by atoms with Gasteiger partial charge in [0.1, 0.15) is 5.01 Å². The summed E-state index contributed by atoms with van der Waals surface area (Å²) in [5.41, 5.74) is 0.463. The van der Waals surface area contributed by atoms with Gasteiger partial charge in [-0.3, -0.25) is 0 Å². The van der Waals surface area contributed by atoms with Crippen molar-refractivity contribution in [3.05, 3.63) is 40.9 Å². The maximum Gasteiger partial charge on any atom is 0.340 e. The second-order valence-electron chi connectivity index (χ2n) is 6.29. The van der Waals surface area contributed by atoms with Gasteiger partial charge < -0.3 is 9.64 Å². The molecule has 2 aromatic rings. The summed E-state index contributed by atoms with van der Waals surface area (Å²) < 4.78 is 5.63. The lowest BCUT2D eigenvalue weighted by Crippen LogP contribution is -2.54. The first kappa shape index (κ1) is 16.0. The normalized spacial score (nSPS) is 20.7. The van der Waals surface area contributed by atoms with Crippen LogP contribution in [0.25, 0.3) is 0 Å². The minimum Gasteiger partial charge on any atom is -0.437 e. The van der Waals surface area contributed by atoms with Gasteiger partial charge >= 0.3 is 12.0 Å². The largest absolute Gasteiger partial charge is 0.437 e. The van der Waals surface area contributed by atoms with Gasteiger partial charge in [0.25, 0.3) is 0 Å². The molecule has 1 aliphatic heterocycles. The van der Waals surface area contributed by atoms with E-state index in [4.69, 9.17) is 4.74 Å². The Kier molecular flexibility index (Phi) is 4.12. The zero-order valence-electron chi connectivity index (χ0n) is 13.8. The highest BCUT2D eigenvalue weighted by molar-refractivity contribution is 7.15. The maximum atomic E-state index is 12.6. The summed E-state index contributed by atoms with van der Waals surface area (Å²) in [6, 6.07) is 8.56. The summed E-state index contributed by atoms with van der Waals surface area (Å²) >= 11 is 1.41. The molecule has 2 fully saturated rings. The Hall–Kier alpha value is -2.48. The van der Waals surface area contributed by atoms with Crippen LogP contribution in [0, 0.1) is 0 Å². The van der Waals surface area contributed by atoms with Crippen LogP contribution in [-0.2, 0) is 4.74 Å². The molecular formula is C17H18N4O3S. The number of hydrogen-bond donors (Lipinski definition) is 0. The summed E-state index contributed by atoms with van der Waals surface area (Å²) in [7, 11) is 1.73. The molecule has 2 aliphatic rings. The minimum absolute atomic E-state index is 0.226. The van der Waals surface area contributed by atoms with Crippen LogP contribution >= 0.6 is 11.3 Å². The molecule has 1 saturated heterocycles. The molecule has 2 heterocycles. The first-order valence-corrected chi connectivity index (χ1v) is 9.09. The number of rotatable bonds is 4. The Morgan fingerprint density at radius 2 is 1.96 bits per heavy atom. The van der Waals surface area contributed by atoms with Crippen molar-refractivity contribution in [1.29, 1.82) is 0 Å². The van der Waals surface area contributed by atoms with E-state index in [9.17, 15) is 9.59 Å². The van der Waals surface area contributed by atoms with Gasteiger partial charge in [-0.25, -0.2) is 14.5 Å². The number of esters is 1. The highest BCUT2D eigenvalue weighted by Crippen LogP contribution is 2.43. The van der Waals surface area contributed by atoms with Crippen molar-refractivity contribution in [2.75, 3.05) is 18.5 Å². The topological polar surface area (TPSA) is 75.6 Å². The Labute approximate surface area is 149 Å². The highest BCUT2D eigenvalue weighted by atomic mass is 32.1. The lowest BCUT2D eigenvalue weighted by molar-refractivity contribution is 0.0229. The van der Waals surface area contributed by atoms with Crippen LogP contribution in [0.2, 0.25) is 0 Å². The summed E-state index contributed by atoms with van der Waals surface area (Å²) in [5.74, 6) is 0.0223. The Morgan fingerprint density at radius 3 is 2.68 bits per heavy atom. The van der Waals surface area contributed by atoms with E-state index >= 15 is 0 Å². The van der Waals surface area contributed by atoms with Crippen molar-refractivity contribution in [2.45, 2.75) is 31.4 Å². The number of anilines is 1. The number of ether oxygens (including phenoxy) is 1. The number of benzene rings is 1. The third kappa shape index (κ3) is 3.21. The number of urea groups is 1. The number of carbonyl (C=O) groups is 2. The van der Waals surface area contributed by atoms with E-state index < -0.39 is 12.2 Å². The van der Waals surface area contributed by atoms with Gasteiger partial charge in [0.2, 0.25) is 5.13 Å². The number of nitrogens with zero attached hydrogens (tertiary/aromatic N) is 4.